The number of thioether (sulfide) groups is 1. The third-order valence-electron chi connectivity index (χ3n) is 4.12. The number of fused-ring (bicyclic) bond motifs is 1. The van der Waals surface area contributed by atoms with Gasteiger partial charge in [-0.2, -0.15) is 0 Å². The molecule has 0 radical (unpaired) electrons. The van der Waals surface area contributed by atoms with Crippen molar-refractivity contribution in [1.29, 1.82) is 0 Å². The third kappa shape index (κ3) is 2.44. The number of carbonyl (C=O) groups excluding carboxylic acids is 2. The first-order chi connectivity index (χ1) is 10.1. The summed E-state index contributed by atoms with van der Waals surface area (Å²) in [5.74, 6) is 0.313. The van der Waals surface area contributed by atoms with E-state index < -0.39 is 0 Å². The molecule has 0 saturated heterocycles. The number of rotatable bonds is 3. The molecule has 1 aromatic rings. The minimum absolute atomic E-state index is 0.0249. The first kappa shape index (κ1) is 14.1. The standard InChI is InChI=1S/C15H17N3O2S/c1-3-15(4-2)8-21-14(18-15)16-9-5-6-10-11(7-9)13(20)17-12(10)19/h5-7H,3-4,8H2,1-2H3,(H,16,18)(H,17,19,20). The number of anilines is 1. The van der Waals surface area contributed by atoms with Crippen molar-refractivity contribution in [1.82, 2.24) is 5.32 Å². The number of amides is 2. The summed E-state index contributed by atoms with van der Waals surface area (Å²) in [6, 6.07) is 5.18. The molecule has 6 heteroatoms. The number of aliphatic imine (C=N–C) groups is 1. The van der Waals surface area contributed by atoms with Gasteiger partial charge in [0, 0.05) is 11.4 Å². The topological polar surface area (TPSA) is 70.6 Å². The highest BCUT2D eigenvalue weighted by Gasteiger charge is 2.32. The molecule has 0 unspecified atom stereocenters. The van der Waals surface area contributed by atoms with Crippen LogP contribution in [-0.2, 0) is 0 Å². The van der Waals surface area contributed by atoms with Crippen molar-refractivity contribution in [3.05, 3.63) is 29.3 Å². The van der Waals surface area contributed by atoms with E-state index >= 15 is 0 Å². The molecule has 0 bridgehead atoms. The minimum Gasteiger partial charge on any atom is -0.335 e. The van der Waals surface area contributed by atoms with Gasteiger partial charge in [-0.25, -0.2) is 0 Å². The van der Waals surface area contributed by atoms with Gasteiger partial charge in [-0.05, 0) is 31.0 Å². The van der Waals surface area contributed by atoms with Crippen molar-refractivity contribution in [3.63, 3.8) is 0 Å². The summed E-state index contributed by atoms with van der Waals surface area (Å²) in [5.41, 5.74) is 1.67. The van der Waals surface area contributed by atoms with Crippen molar-refractivity contribution in [2.24, 2.45) is 4.99 Å². The van der Waals surface area contributed by atoms with Gasteiger partial charge in [0.2, 0.25) is 0 Å². The summed E-state index contributed by atoms with van der Waals surface area (Å²) in [4.78, 5) is 28.0. The van der Waals surface area contributed by atoms with Gasteiger partial charge >= 0.3 is 0 Å². The van der Waals surface area contributed by atoms with Crippen molar-refractivity contribution >= 4 is 34.4 Å². The average Bonchev–Trinajstić information content (AvgIpc) is 3.02. The van der Waals surface area contributed by atoms with E-state index in [2.05, 4.69) is 24.5 Å². The Hall–Kier alpha value is -1.82. The molecule has 1 aromatic carbocycles. The van der Waals surface area contributed by atoms with Crippen LogP contribution in [0.2, 0.25) is 0 Å². The largest absolute Gasteiger partial charge is 0.335 e. The van der Waals surface area contributed by atoms with Gasteiger partial charge in [-0.3, -0.25) is 19.9 Å². The van der Waals surface area contributed by atoms with Crippen LogP contribution in [0.5, 0.6) is 0 Å². The number of hydrogen-bond donors (Lipinski definition) is 2. The van der Waals surface area contributed by atoms with Gasteiger partial charge in [0.1, 0.15) is 0 Å². The molecule has 110 valence electrons. The lowest BCUT2D eigenvalue weighted by Crippen LogP contribution is -2.24. The number of hydrogen-bond acceptors (Lipinski definition) is 5. The highest BCUT2D eigenvalue weighted by Crippen LogP contribution is 2.34. The van der Waals surface area contributed by atoms with Crippen molar-refractivity contribution in [2.45, 2.75) is 32.2 Å². The molecule has 2 heterocycles. The van der Waals surface area contributed by atoms with Crippen molar-refractivity contribution in [3.8, 4) is 0 Å². The molecule has 0 saturated carbocycles. The lowest BCUT2D eigenvalue weighted by molar-refractivity contribution is 0.0879. The lowest BCUT2D eigenvalue weighted by atomic mass is 9.97. The summed E-state index contributed by atoms with van der Waals surface area (Å²) in [6.45, 7) is 4.31. The zero-order valence-corrected chi connectivity index (χ0v) is 12.8. The van der Waals surface area contributed by atoms with Crippen LogP contribution in [-0.4, -0.2) is 28.3 Å². The summed E-state index contributed by atoms with van der Waals surface area (Å²) in [7, 11) is 0. The Labute approximate surface area is 127 Å². The van der Waals surface area contributed by atoms with Crippen LogP contribution in [0.25, 0.3) is 0 Å². The Morgan fingerprint density at radius 3 is 2.62 bits per heavy atom. The molecule has 2 amide bonds. The number of imide groups is 1. The predicted molar refractivity (Wildman–Crippen MR) is 85.1 cm³/mol. The number of nitrogens with one attached hydrogen (secondary N) is 2. The van der Waals surface area contributed by atoms with E-state index in [0.717, 1.165) is 29.4 Å². The minimum atomic E-state index is -0.337. The van der Waals surface area contributed by atoms with E-state index in [-0.39, 0.29) is 17.4 Å². The van der Waals surface area contributed by atoms with Gasteiger partial charge in [0.05, 0.1) is 16.7 Å². The first-order valence-corrected chi connectivity index (χ1v) is 8.05. The molecule has 0 fully saturated rings. The fraction of sp³-hybridized carbons (Fsp3) is 0.400. The Morgan fingerprint density at radius 2 is 1.95 bits per heavy atom. The van der Waals surface area contributed by atoms with Crippen molar-refractivity contribution < 1.29 is 9.59 Å². The maximum absolute atomic E-state index is 11.7. The summed E-state index contributed by atoms with van der Waals surface area (Å²) < 4.78 is 0. The molecule has 2 N–H and O–H groups in total. The molecule has 0 atom stereocenters. The number of benzene rings is 1. The van der Waals surface area contributed by atoms with Crippen LogP contribution in [0.4, 0.5) is 5.69 Å². The molecule has 5 nitrogen and oxygen atoms in total. The monoisotopic (exact) mass is 303 g/mol. The lowest BCUT2D eigenvalue weighted by Gasteiger charge is -2.20. The highest BCUT2D eigenvalue weighted by atomic mass is 32.2. The number of amidine groups is 1. The van der Waals surface area contributed by atoms with E-state index in [4.69, 9.17) is 4.99 Å². The van der Waals surface area contributed by atoms with Gasteiger partial charge in [-0.1, -0.05) is 25.6 Å². The summed E-state index contributed by atoms with van der Waals surface area (Å²) in [5, 5.41) is 6.42. The molecule has 0 aromatic heterocycles. The number of nitrogens with zero attached hydrogens (tertiary/aromatic N) is 1. The number of carbonyl (C=O) groups is 2. The molecule has 0 aliphatic carbocycles. The molecule has 3 rings (SSSR count). The molecular formula is C15H17N3O2S. The van der Waals surface area contributed by atoms with E-state index in [1.165, 1.54) is 0 Å². The fourth-order valence-corrected chi connectivity index (χ4v) is 3.85. The Balaban J connectivity index is 1.83. The van der Waals surface area contributed by atoms with E-state index in [0.29, 0.717) is 11.1 Å². The summed E-state index contributed by atoms with van der Waals surface area (Å²) >= 11 is 1.70. The van der Waals surface area contributed by atoms with Crippen LogP contribution < -0.4 is 10.6 Å². The fourth-order valence-electron chi connectivity index (χ4n) is 2.53. The van der Waals surface area contributed by atoms with Gasteiger partial charge in [-0.15, -0.1) is 0 Å². The van der Waals surface area contributed by atoms with Crippen molar-refractivity contribution in [2.75, 3.05) is 11.1 Å². The van der Waals surface area contributed by atoms with Crippen LogP contribution in [0.1, 0.15) is 47.4 Å². The zero-order valence-electron chi connectivity index (χ0n) is 12.0. The highest BCUT2D eigenvalue weighted by molar-refractivity contribution is 8.14. The Bertz CT molecular complexity index is 650. The maximum atomic E-state index is 11.7. The quantitative estimate of drug-likeness (QED) is 0.842. The molecule has 21 heavy (non-hydrogen) atoms. The van der Waals surface area contributed by atoms with E-state index in [1.54, 1.807) is 30.0 Å². The normalized spacial score (nSPS) is 19.2. The van der Waals surface area contributed by atoms with Gasteiger partial charge in [0.25, 0.3) is 11.8 Å². The molecule has 2 aliphatic heterocycles. The summed E-state index contributed by atoms with van der Waals surface area (Å²) in [6.07, 6.45) is 2.03. The second-order valence-electron chi connectivity index (χ2n) is 5.31. The van der Waals surface area contributed by atoms with Crippen LogP contribution in [0.15, 0.2) is 23.2 Å². The van der Waals surface area contributed by atoms with Gasteiger partial charge in [0.15, 0.2) is 5.17 Å². The van der Waals surface area contributed by atoms with Crippen LogP contribution >= 0.6 is 11.8 Å². The van der Waals surface area contributed by atoms with Gasteiger partial charge < -0.3 is 5.32 Å². The molecule has 0 spiro atoms. The zero-order chi connectivity index (χ0) is 15.0. The average molecular weight is 303 g/mol. The smallest absolute Gasteiger partial charge is 0.259 e. The SMILES string of the molecule is CCC1(CC)CSC(Nc2ccc3c(c2)C(=O)NC3=O)=N1. The molecule has 2 aliphatic rings. The Kier molecular flexibility index (Phi) is 3.49. The van der Waals surface area contributed by atoms with Crippen LogP contribution in [0.3, 0.4) is 0 Å². The van der Waals surface area contributed by atoms with Crippen LogP contribution in [0, 0.1) is 0 Å². The van der Waals surface area contributed by atoms with E-state index in [9.17, 15) is 9.59 Å². The maximum Gasteiger partial charge on any atom is 0.259 e. The Morgan fingerprint density at radius 1 is 1.24 bits per heavy atom. The van der Waals surface area contributed by atoms with E-state index in [1.807, 2.05) is 0 Å². The second kappa shape index (κ2) is 5.18. The third-order valence-corrected chi connectivity index (χ3v) is 5.27. The predicted octanol–water partition coefficient (Wildman–Crippen LogP) is 2.64. The first-order valence-electron chi connectivity index (χ1n) is 7.06. The molecular weight excluding hydrogens is 286 g/mol. The second-order valence-corrected chi connectivity index (χ2v) is 6.27.